The zero-order valence-corrected chi connectivity index (χ0v) is 22.4. The molecule has 1 fully saturated rings. The molecule has 8 nitrogen and oxygen atoms in total. The Bertz CT molecular complexity index is 1530. The lowest BCUT2D eigenvalue weighted by Crippen LogP contribution is -2.55. The van der Waals surface area contributed by atoms with E-state index < -0.39 is 21.9 Å². The molecular formula is C29H30N4O4S. The summed E-state index contributed by atoms with van der Waals surface area (Å²) in [6, 6.07) is 21.2. The number of aliphatic imine (C=N–C) groups is 1. The molecule has 0 radical (unpaired) electrons. The molecule has 1 N–H and O–H groups in total. The number of hydrogen-bond donors (Lipinski definition) is 1. The van der Waals surface area contributed by atoms with E-state index in [-0.39, 0.29) is 23.4 Å². The highest BCUT2D eigenvalue weighted by atomic mass is 32.2. The molecule has 2 heterocycles. The first-order valence-corrected chi connectivity index (χ1v) is 14.4. The van der Waals surface area contributed by atoms with Crippen molar-refractivity contribution in [2.24, 2.45) is 4.99 Å². The lowest BCUT2D eigenvalue weighted by molar-refractivity contribution is -0.123. The van der Waals surface area contributed by atoms with E-state index in [1.807, 2.05) is 62.4 Å². The van der Waals surface area contributed by atoms with Gasteiger partial charge >= 0.3 is 6.03 Å². The fraction of sp³-hybridized carbons (Fsp3) is 0.276. The second-order valence-electron chi connectivity index (χ2n) is 9.84. The van der Waals surface area contributed by atoms with Crippen LogP contribution in [0.5, 0.6) is 0 Å². The summed E-state index contributed by atoms with van der Waals surface area (Å²) >= 11 is 0. The SMILES string of the molecule is Cc1cccc(C2C(c3ccc(S(C)(=O)=O)cc3)N=C(c3ccccc3C)N2C(=O)N2CCNC(=O)C2)c1. The van der Waals surface area contributed by atoms with Crippen LogP contribution in [0.1, 0.15) is 39.9 Å². The summed E-state index contributed by atoms with van der Waals surface area (Å²) in [5.41, 5.74) is 4.54. The number of urea groups is 1. The van der Waals surface area contributed by atoms with E-state index in [2.05, 4.69) is 5.32 Å². The smallest absolute Gasteiger partial charge is 0.326 e. The number of amides is 3. The molecule has 0 aliphatic carbocycles. The van der Waals surface area contributed by atoms with Crippen molar-refractivity contribution < 1.29 is 18.0 Å². The maximum absolute atomic E-state index is 14.2. The van der Waals surface area contributed by atoms with Crippen LogP contribution in [0.15, 0.2) is 82.7 Å². The van der Waals surface area contributed by atoms with E-state index in [1.165, 1.54) is 6.26 Å². The summed E-state index contributed by atoms with van der Waals surface area (Å²) in [7, 11) is -3.36. The van der Waals surface area contributed by atoms with Gasteiger partial charge < -0.3 is 10.2 Å². The van der Waals surface area contributed by atoms with Crippen molar-refractivity contribution in [1.82, 2.24) is 15.1 Å². The summed E-state index contributed by atoms with van der Waals surface area (Å²) in [5.74, 6) is 0.334. The van der Waals surface area contributed by atoms with Gasteiger partial charge in [0, 0.05) is 24.9 Å². The molecule has 3 amide bonds. The first-order valence-electron chi connectivity index (χ1n) is 12.5. The number of rotatable bonds is 4. The highest BCUT2D eigenvalue weighted by molar-refractivity contribution is 7.90. The maximum Gasteiger partial charge on any atom is 0.326 e. The predicted molar refractivity (Wildman–Crippen MR) is 146 cm³/mol. The average Bonchev–Trinajstić information content (AvgIpc) is 3.28. The van der Waals surface area contributed by atoms with Gasteiger partial charge in [0.1, 0.15) is 18.4 Å². The molecule has 2 atom stereocenters. The number of hydrogen-bond acceptors (Lipinski definition) is 5. The molecule has 2 aliphatic heterocycles. The van der Waals surface area contributed by atoms with Gasteiger partial charge in [-0.3, -0.25) is 14.7 Å². The Balaban J connectivity index is 1.69. The highest BCUT2D eigenvalue weighted by Crippen LogP contribution is 2.44. The van der Waals surface area contributed by atoms with Gasteiger partial charge in [0.2, 0.25) is 5.91 Å². The molecule has 2 unspecified atom stereocenters. The van der Waals surface area contributed by atoms with Gasteiger partial charge in [-0.2, -0.15) is 0 Å². The van der Waals surface area contributed by atoms with Gasteiger partial charge in [0.05, 0.1) is 10.9 Å². The Hall–Kier alpha value is -3.98. The quantitative estimate of drug-likeness (QED) is 0.555. The van der Waals surface area contributed by atoms with Crippen LogP contribution in [0, 0.1) is 13.8 Å². The van der Waals surface area contributed by atoms with Crippen LogP contribution in [-0.4, -0.2) is 61.9 Å². The standard InChI is InChI=1S/C29H30N4O4S/c1-19-7-6-9-22(17-19)27-26(21-11-13-23(14-12-21)38(3,36)37)31-28(24-10-5-4-8-20(24)2)33(27)29(35)32-16-15-30-25(34)18-32/h4-14,17,26-27H,15-16,18H2,1-3H3,(H,30,34). The first kappa shape index (κ1) is 25.7. The van der Waals surface area contributed by atoms with Gasteiger partial charge in [-0.25, -0.2) is 13.2 Å². The third kappa shape index (κ3) is 4.93. The summed E-state index contributed by atoms with van der Waals surface area (Å²) in [4.78, 5) is 35.0. The fourth-order valence-electron chi connectivity index (χ4n) is 5.08. The number of benzene rings is 3. The molecular weight excluding hydrogens is 500 g/mol. The Morgan fingerprint density at radius 3 is 2.37 bits per heavy atom. The van der Waals surface area contributed by atoms with Crippen molar-refractivity contribution in [3.05, 3.63) is 101 Å². The van der Waals surface area contributed by atoms with E-state index in [4.69, 9.17) is 4.99 Å². The van der Waals surface area contributed by atoms with Crippen molar-refractivity contribution in [2.45, 2.75) is 30.8 Å². The predicted octanol–water partition coefficient (Wildman–Crippen LogP) is 3.80. The first-order chi connectivity index (χ1) is 18.1. The number of piperazine rings is 1. The van der Waals surface area contributed by atoms with Crippen molar-refractivity contribution >= 4 is 27.6 Å². The Morgan fingerprint density at radius 2 is 1.71 bits per heavy atom. The van der Waals surface area contributed by atoms with Crippen LogP contribution in [0.4, 0.5) is 4.79 Å². The molecule has 3 aromatic carbocycles. The molecule has 5 rings (SSSR count). The second kappa shape index (κ2) is 10.1. The number of aryl methyl sites for hydroxylation is 2. The molecule has 1 saturated heterocycles. The molecule has 0 aromatic heterocycles. The van der Waals surface area contributed by atoms with Crippen LogP contribution < -0.4 is 5.32 Å². The summed E-state index contributed by atoms with van der Waals surface area (Å²) in [5, 5.41) is 2.78. The number of nitrogens with zero attached hydrogens (tertiary/aromatic N) is 3. The third-order valence-electron chi connectivity index (χ3n) is 7.00. The Kier molecular flexibility index (Phi) is 6.79. The van der Waals surface area contributed by atoms with E-state index in [0.29, 0.717) is 18.9 Å². The highest BCUT2D eigenvalue weighted by Gasteiger charge is 2.44. The van der Waals surface area contributed by atoms with Crippen LogP contribution in [0.25, 0.3) is 0 Å². The van der Waals surface area contributed by atoms with Crippen LogP contribution in [0.3, 0.4) is 0 Å². The summed E-state index contributed by atoms with van der Waals surface area (Å²) in [6.07, 6.45) is 1.18. The van der Waals surface area contributed by atoms with Crippen molar-refractivity contribution in [3.63, 3.8) is 0 Å². The number of carbonyl (C=O) groups excluding carboxylic acids is 2. The minimum absolute atomic E-state index is 0.0232. The Labute approximate surface area is 222 Å². The lowest BCUT2D eigenvalue weighted by atomic mass is 9.93. The molecule has 0 spiro atoms. The van der Waals surface area contributed by atoms with E-state index in [9.17, 15) is 18.0 Å². The molecule has 38 heavy (non-hydrogen) atoms. The van der Waals surface area contributed by atoms with E-state index in [0.717, 1.165) is 27.8 Å². The monoisotopic (exact) mass is 530 g/mol. The minimum Gasteiger partial charge on any atom is -0.353 e. The minimum atomic E-state index is -3.36. The number of amidine groups is 1. The average molecular weight is 531 g/mol. The number of nitrogens with one attached hydrogen (secondary N) is 1. The summed E-state index contributed by atoms with van der Waals surface area (Å²) in [6.45, 7) is 4.74. The molecule has 0 bridgehead atoms. The van der Waals surface area contributed by atoms with Gasteiger partial charge in [-0.1, -0.05) is 66.2 Å². The lowest BCUT2D eigenvalue weighted by Gasteiger charge is -2.36. The largest absolute Gasteiger partial charge is 0.353 e. The second-order valence-corrected chi connectivity index (χ2v) is 11.9. The normalized spacial score (nSPS) is 19.8. The number of carbonyl (C=O) groups is 2. The van der Waals surface area contributed by atoms with Gasteiger partial charge in [0.15, 0.2) is 9.84 Å². The van der Waals surface area contributed by atoms with Crippen molar-refractivity contribution in [3.8, 4) is 0 Å². The van der Waals surface area contributed by atoms with Crippen LogP contribution in [0.2, 0.25) is 0 Å². The van der Waals surface area contributed by atoms with Crippen LogP contribution in [-0.2, 0) is 14.6 Å². The van der Waals surface area contributed by atoms with Gasteiger partial charge in [-0.05, 0) is 42.7 Å². The maximum atomic E-state index is 14.2. The third-order valence-corrected chi connectivity index (χ3v) is 8.13. The molecule has 9 heteroatoms. The van der Waals surface area contributed by atoms with Gasteiger partial charge in [0.25, 0.3) is 0 Å². The zero-order valence-electron chi connectivity index (χ0n) is 21.6. The summed E-state index contributed by atoms with van der Waals surface area (Å²) < 4.78 is 24.2. The molecule has 196 valence electrons. The van der Waals surface area contributed by atoms with E-state index in [1.54, 1.807) is 34.1 Å². The zero-order chi connectivity index (χ0) is 27.0. The molecule has 2 aliphatic rings. The topological polar surface area (TPSA) is 99.2 Å². The number of sulfone groups is 1. The van der Waals surface area contributed by atoms with Crippen molar-refractivity contribution in [1.29, 1.82) is 0 Å². The Morgan fingerprint density at radius 1 is 0.974 bits per heavy atom. The van der Waals surface area contributed by atoms with Gasteiger partial charge in [-0.15, -0.1) is 0 Å². The molecule has 3 aromatic rings. The van der Waals surface area contributed by atoms with Crippen LogP contribution >= 0.6 is 0 Å². The fourth-order valence-corrected chi connectivity index (χ4v) is 5.71. The van der Waals surface area contributed by atoms with Crippen molar-refractivity contribution in [2.75, 3.05) is 25.9 Å². The molecule has 0 saturated carbocycles. The van der Waals surface area contributed by atoms with E-state index >= 15 is 0 Å².